The van der Waals surface area contributed by atoms with E-state index in [9.17, 15) is 9.18 Å². The predicted molar refractivity (Wildman–Crippen MR) is 142 cm³/mol. The van der Waals surface area contributed by atoms with Gasteiger partial charge in [-0.2, -0.15) is 0 Å². The van der Waals surface area contributed by atoms with E-state index < -0.39 is 0 Å². The summed E-state index contributed by atoms with van der Waals surface area (Å²) in [6.07, 6.45) is 0. The number of carbonyl (C=O) groups excluding carboxylic acids is 1. The van der Waals surface area contributed by atoms with Gasteiger partial charge in [0.2, 0.25) is 0 Å². The van der Waals surface area contributed by atoms with Gasteiger partial charge in [-0.15, -0.1) is 10.2 Å². The molecule has 0 spiro atoms. The van der Waals surface area contributed by atoms with Crippen molar-refractivity contribution < 1.29 is 9.18 Å². The van der Waals surface area contributed by atoms with Crippen molar-refractivity contribution in [3.63, 3.8) is 0 Å². The molecule has 0 atom stereocenters. The highest BCUT2D eigenvalue weighted by atomic mass is 32.2. The van der Waals surface area contributed by atoms with Gasteiger partial charge in [0.1, 0.15) is 5.82 Å². The maximum atomic E-state index is 13.1. The van der Waals surface area contributed by atoms with Gasteiger partial charge in [-0.25, -0.2) is 4.39 Å². The van der Waals surface area contributed by atoms with Crippen LogP contribution >= 0.6 is 11.8 Å². The Labute approximate surface area is 213 Å². The van der Waals surface area contributed by atoms with E-state index in [1.54, 1.807) is 23.9 Å². The lowest BCUT2D eigenvalue weighted by molar-refractivity contribution is 0.102. The number of benzene rings is 4. The quantitative estimate of drug-likeness (QED) is 0.249. The van der Waals surface area contributed by atoms with Crippen LogP contribution in [0.2, 0.25) is 0 Å². The van der Waals surface area contributed by atoms with E-state index in [2.05, 4.69) is 51.3 Å². The molecule has 0 radical (unpaired) electrons. The highest BCUT2D eigenvalue weighted by molar-refractivity contribution is 7.98. The number of hydrogen-bond acceptors (Lipinski definition) is 4. The standard InChI is InChI=1S/C29H23FN4OS/c1-20-7-17-26(18-8-20)34-27(22-5-3-2-4-6-22)32-33-29(34)36-19-21-9-11-23(12-10-21)28(35)31-25-15-13-24(30)14-16-25/h2-18H,19H2,1H3,(H,31,35). The van der Waals surface area contributed by atoms with Crippen LogP contribution in [-0.2, 0) is 5.75 Å². The summed E-state index contributed by atoms with van der Waals surface area (Å²) in [5, 5.41) is 12.6. The fourth-order valence-electron chi connectivity index (χ4n) is 3.70. The molecule has 178 valence electrons. The molecular weight excluding hydrogens is 471 g/mol. The van der Waals surface area contributed by atoms with Crippen LogP contribution in [0.15, 0.2) is 108 Å². The maximum absolute atomic E-state index is 13.1. The Morgan fingerprint density at radius 2 is 1.56 bits per heavy atom. The van der Waals surface area contributed by atoms with Gasteiger partial charge in [0, 0.05) is 28.3 Å². The molecule has 7 heteroatoms. The highest BCUT2D eigenvalue weighted by Gasteiger charge is 2.16. The molecule has 0 unspecified atom stereocenters. The van der Waals surface area contributed by atoms with Gasteiger partial charge in [-0.1, -0.05) is 71.9 Å². The van der Waals surface area contributed by atoms with Crippen molar-refractivity contribution in [2.75, 3.05) is 5.32 Å². The van der Waals surface area contributed by atoms with Crippen molar-refractivity contribution in [2.24, 2.45) is 0 Å². The lowest BCUT2D eigenvalue weighted by Crippen LogP contribution is -2.11. The third-order valence-electron chi connectivity index (χ3n) is 5.64. The van der Waals surface area contributed by atoms with Gasteiger partial charge >= 0.3 is 0 Å². The van der Waals surface area contributed by atoms with Crippen LogP contribution in [0.3, 0.4) is 0 Å². The minimum absolute atomic E-state index is 0.243. The molecule has 36 heavy (non-hydrogen) atoms. The molecule has 5 aromatic rings. The number of anilines is 1. The van der Waals surface area contributed by atoms with Gasteiger partial charge in [0.05, 0.1) is 0 Å². The number of nitrogens with one attached hydrogen (secondary N) is 1. The number of rotatable bonds is 7. The lowest BCUT2D eigenvalue weighted by atomic mass is 10.1. The van der Waals surface area contributed by atoms with E-state index in [0.29, 0.717) is 17.0 Å². The second kappa shape index (κ2) is 10.6. The van der Waals surface area contributed by atoms with Crippen molar-refractivity contribution in [2.45, 2.75) is 17.8 Å². The number of thioether (sulfide) groups is 1. The summed E-state index contributed by atoms with van der Waals surface area (Å²) in [5.41, 5.74) is 5.31. The fourth-order valence-corrected chi connectivity index (χ4v) is 4.61. The molecule has 5 rings (SSSR count). The van der Waals surface area contributed by atoms with Crippen molar-refractivity contribution in [3.8, 4) is 17.1 Å². The first kappa shape index (κ1) is 23.5. The highest BCUT2D eigenvalue weighted by Crippen LogP contribution is 2.30. The van der Waals surface area contributed by atoms with Crippen LogP contribution in [-0.4, -0.2) is 20.7 Å². The first-order valence-electron chi connectivity index (χ1n) is 11.4. The number of hydrogen-bond donors (Lipinski definition) is 1. The molecule has 0 aliphatic carbocycles. The number of halogens is 1. The van der Waals surface area contributed by atoms with Crippen LogP contribution in [0.4, 0.5) is 10.1 Å². The summed E-state index contributed by atoms with van der Waals surface area (Å²) in [6.45, 7) is 2.06. The fraction of sp³-hybridized carbons (Fsp3) is 0.0690. The molecule has 1 amide bonds. The Balaban J connectivity index is 1.33. The Morgan fingerprint density at radius 1 is 0.861 bits per heavy atom. The Bertz CT molecular complexity index is 1470. The lowest BCUT2D eigenvalue weighted by Gasteiger charge is -2.11. The topological polar surface area (TPSA) is 59.8 Å². The van der Waals surface area contributed by atoms with E-state index in [1.165, 1.54) is 29.8 Å². The molecule has 4 aromatic carbocycles. The zero-order valence-corrected chi connectivity index (χ0v) is 20.4. The first-order valence-corrected chi connectivity index (χ1v) is 12.4. The van der Waals surface area contributed by atoms with Gasteiger partial charge in [0.15, 0.2) is 11.0 Å². The third-order valence-corrected chi connectivity index (χ3v) is 6.64. The molecule has 0 aliphatic heterocycles. The number of nitrogens with zero attached hydrogens (tertiary/aromatic N) is 3. The molecule has 0 saturated heterocycles. The van der Waals surface area contributed by atoms with E-state index in [4.69, 9.17) is 0 Å². The van der Waals surface area contributed by atoms with Crippen LogP contribution in [0.1, 0.15) is 21.5 Å². The molecule has 1 heterocycles. The predicted octanol–water partition coefficient (Wildman–Crippen LogP) is 6.93. The molecule has 0 bridgehead atoms. The summed E-state index contributed by atoms with van der Waals surface area (Å²) in [6, 6.07) is 31.4. The van der Waals surface area contributed by atoms with E-state index >= 15 is 0 Å². The van der Waals surface area contributed by atoms with Gasteiger partial charge in [-0.3, -0.25) is 9.36 Å². The average Bonchev–Trinajstić information content (AvgIpc) is 3.34. The minimum atomic E-state index is -0.344. The zero-order valence-electron chi connectivity index (χ0n) is 19.6. The molecule has 1 aromatic heterocycles. The van der Waals surface area contributed by atoms with Crippen LogP contribution in [0, 0.1) is 12.7 Å². The Kier molecular flexibility index (Phi) is 6.91. The second-order valence-corrected chi connectivity index (χ2v) is 9.23. The van der Waals surface area contributed by atoms with Crippen molar-refractivity contribution in [1.29, 1.82) is 0 Å². The Morgan fingerprint density at radius 3 is 2.25 bits per heavy atom. The largest absolute Gasteiger partial charge is 0.322 e. The second-order valence-electron chi connectivity index (χ2n) is 8.29. The van der Waals surface area contributed by atoms with Gasteiger partial charge in [0.25, 0.3) is 5.91 Å². The molecule has 1 N–H and O–H groups in total. The van der Waals surface area contributed by atoms with Crippen molar-refractivity contribution in [3.05, 3.63) is 126 Å². The smallest absolute Gasteiger partial charge is 0.255 e. The maximum Gasteiger partial charge on any atom is 0.255 e. The van der Waals surface area contributed by atoms with Crippen molar-refractivity contribution >= 4 is 23.4 Å². The Hall–Kier alpha value is -4.23. The molecule has 5 nitrogen and oxygen atoms in total. The third kappa shape index (κ3) is 5.37. The van der Waals surface area contributed by atoms with Crippen LogP contribution < -0.4 is 5.32 Å². The molecule has 0 aliphatic rings. The van der Waals surface area contributed by atoms with Crippen LogP contribution in [0.5, 0.6) is 0 Å². The summed E-state index contributed by atoms with van der Waals surface area (Å²) in [4.78, 5) is 12.5. The van der Waals surface area contributed by atoms with Crippen LogP contribution in [0.25, 0.3) is 17.1 Å². The van der Waals surface area contributed by atoms with Crippen molar-refractivity contribution in [1.82, 2.24) is 14.8 Å². The normalized spacial score (nSPS) is 10.8. The van der Waals surface area contributed by atoms with E-state index in [1.807, 2.05) is 42.5 Å². The number of amides is 1. The van der Waals surface area contributed by atoms with E-state index in [-0.39, 0.29) is 11.7 Å². The summed E-state index contributed by atoms with van der Waals surface area (Å²) in [7, 11) is 0. The minimum Gasteiger partial charge on any atom is -0.322 e. The SMILES string of the molecule is Cc1ccc(-n2c(SCc3ccc(C(=O)Nc4ccc(F)cc4)cc3)nnc2-c2ccccc2)cc1. The molecule has 0 fully saturated rings. The van der Waals surface area contributed by atoms with Gasteiger partial charge in [-0.05, 0) is 61.0 Å². The number of aromatic nitrogens is 3. The average molecular weight is 495 g/mol. The first-order chi connectivity index (χ1) is 17.6. The molecular formula is C29H23FN4OS. The molecule has 0 saturated carbocycles. The number of aryl methyl sites for hydroxylation is 1. The number of carbonyl (C=O) groups is 1. The monoisotopic (exact) mass is 494 g/mol. The van der Waals surface area contributed by atoms with Gasteiger partial charge < -0.3 is 5.32 Å². The zero-order chi connectivity index (χ0) is 24.9. The summed E-state index contributed by atoms with van der Waals surface area (Å²) >= 11 is 1.59. The van der Waals surface area contributed by atoms with E-state index in [0.717, 1.165) is 27.8 Å². The summed E-state index contributed by atoms with van der Waals surface area (Å²) < 4.78 is 15.2. The summed E-state index contributed by atoms with van der Waals surface area (Å²) in [5.74, 6) is 0.865.